The van der Waals surface area contributed by atoms with Crippen molar-refractivity contribution < 1.29 is 76.6 Å². The van der Waals surface area contributed by atoms with E-state index in [0.29, 0.717) is 138 Å². The van der Waals surface area contributed by atoms with Crippen LogP contribution in [0.15, 0.2) is 24.3 Å². The van der Waals surface area contributed by atoms with Gasteiger partial charge >= 0.3 is 0 Å². The third-order valence-corrected chi connectivity index (χ3v) is 12.8. The van der Waals surface area contributed by atoms with Crippen LogP contribution in [0.2, 0.25) is 0 Å². The van der Waals surface area contributed by atoms with Gasteiger partial charge in [-0.2, -0.15) is 0 Å². The minimum atomic E-state index is -2.36. The molecule has 2 atom stereocenters. The molecule has 0 aromatic carbocycles. The minimum absolute atomic E-state index is 0.00776. The summed E-state index contributed by atoms with van der Waals surface area (Å²) in [5, 5.41) is 20.3. The number of ether oxygens (including phenoxy) is 12. The van der Waals surface area contributed by atoms with Gasteiger partial charge in [0.05, 0.1) is 145 Å². The first-order valence-electron chi connectivity index (χ1n) is 30.6. The van der Waals surface area contributed by atoms with Gasteiger partial charge in [-0.1, -0.05) is 141 Å². The van der Waals surface area contributed by atoms with Crippen molar-refractivity contribution in [3.05, 3.63) is 24.3 Å². The number of Topliss-reactive ketones (excluding diaryl/α,β-unsaturated/α-hetero) is 2. The monoisotopic (exact) mass is 1100 g/mol. The van der Waals surface area contributed by atoms with Crippen LogP contribution in [0.1, 0.15) is 194 Å². The summed E-state index contributed by atoms with van der Waals surface area (Å²) in [6.07, 6.45) is 38.0. The van der Waals surface area contributed by atoms with Gasteiger partial charge in [0.15, 0.2) is 17.7 Å². The second kappa shape index (κ2) is 63.4. The highest BCUT2D eigenvalue weighted by molar-refractivity contribution is 5.95. The molecular weight excluding hydrogens is 989 g/mol. The van der Waals surface area contributed by atoms with Crippen molar-refractivity contribution in [2.24, 2.45) is 0 Å². The molecule has 0 bridgehead atoms. The van der Waals surface area contributed by atoms with Gasteiger partial charge in [-0.15, -0.1) is 0 Å². The zero-order chi connectivity index (χ0) is 55.9. The van der Waals surface area contributed by atoms with E-state index in [2.05, 4.69) is 38.2 Å². The fourth-order valence-corrected chi connectivity index (χ4v) is 8.20. The lowest BCUT2D eigenvalue weighted by atomic mass is 9.94. The van der Waals surface area contributed by atoms with Gasteiger partial charge < -0.3 is 67.1 Å². The Morgan fingerprint density at radius 3 is 0.922 bits per heavy atom. The molecule has 456 valence electrons. The van der Waals surface area contributed by atoms with Crippen molar-refractivity contribution >= 4 is 11.6 Å². The van der Waals surface area contributed by atoms with Gasteiger partial charge in [0.25, 0.3) is 5.79 Å². The molecule has 2 N–H and O–H groups in total. The largest absolute Gasteiger partial charge is 0.394 e. The Hall–Kier alpha value is -1.74. The summed E-state index contributed by atoms with van der Waals surface area (Å²) in [5.41, 5.74) is 0. The van der Waals surface area contributed by atoms with E-state index in [-0.39, 0.29) is 38.4 Å². The van der Waals surface area contributed by atoms with Crippen LogP contribution in [0.5, 0.6) is 0 Å². The number of hydrogen-bond acceptors (Lipinski definition) is 16. The maximum Gasteiger partial charge on any atom is 0.260 e. The van der Waals surface area contributed by atoms with Crippen LogP contribution in [0.25, 0.3) is 0 Å². The molecule has 16 nitrogen and oxygen atoms in total. The van der Waals surface area contributed by atoms with Crippen LogP contribution in [0, 0.1) is 0 Å². The van der Waals surface area contributed by atoms with Gasteiger partial charge in [0, 0.05) is 20.0 Å². The van der Waals surface area contributed by atoms with Crippen LogP contribution < -0.4 is 0 Å². The Labute approximate surface area is 469 Å². The van der Waals surface area contributed by atoms with E-state index in [1.807, 2.05) is 0 Å². The third-order valence-electron chi connectivity index (χ3n) is 12.8. The summed E-state index contributed by atoms with van der Waals surface area (Å²) in [5.74, 6) is -3.21. The minimum Gasteiger partial charge on any atom is -0.394 e. The van der Waals surface area contributed by atoms with Crippen LogP contribution >= 0.6 is 0 Å². The van der Waals surface area contributed by atoms with E-state index < -0.39 is 17.7 Å². The van der Waals surface area contributed by atoms with E-state index in [4.69, 9.17) is 61.9 Å². The molecule has 0 saturated heterocycles. The topological polar surface area (TPSA) is 185 Å². The molecule has 0 saturated carbocycles. The SMILES string of the molecule is CCCCCCCC/C=C\CCCCCCCC(=O)C(OCCOCCOCCOCCOCCOCCOCCOCCOCCOCCOCCO)C(O)(OC)C(=O)CCCCCCC/C=C\CCCCCCCC. The Kier molecular flexibility index (Phi) is 62.0. The van der Waals surface area contributed by atoms with Gasteiger partial charge in [0.1, 0.15) is 0 Å². The molecule has 0 radical (unpaired) electrons. The van der Waals surface area contributed by atoms with Crippen LogP contribution in [0.4, 0.5) is 0 Å². The zero-order valence-corrected chi connectivity index (χ0v) is 49.4. The molecule has 0 aliphatic carbocycles. The molecule has 0 aliphatic heterocycles. The molecule has 0 aromatic heterocycles. The van der Waals surface area contributed by atoms with E-state index in [1.54, 1.807) is 0 Å². The molecule has 2 unspecified atom stereocenters. The summed E-state index contributed by atoms with van der Waals surface area (Å²) < 4.78 is 66.3. The number of unbranched alkanes of at least 4 members (excludes halogenated alkanes) is 22. The Morgan fingerprint density at radius 1 is 0.364 bits per heavy atom. The van der Waals surface area contributed by atoms with E-state index in [9.17, 15) is 14.7 Å². The van der Waals surface area contributed by atoms with E-state index in [1.165, 1.54) is 97.0 Å². The normalized spacial score (nSPS) is 13.2. The number of aliphatic hydroxyl groups is 2. The second-order valence-electron chi connectivity index (χ2n) is 19.6. The first-order chi connectivity index (χ1) is 38.0. The predicted octanol–water partition coefficient (Wildman–Crippen LogP) is 11.1. The lowest BCUT2D eigenvalue weighted by Crippen LogP contribution is -2.56. The number of carbonyl (C=O) groups excluding carboxylic acids is 2. The average Bonchev–Trinajstić information content (AvgIpc) is 3.43. The van der Waals surface area contributed by atoms with Gasteiger partial charge in [-0.25, -0.2) is 0 Å². The molecule has 0 amide bonds. The Balaban J connectivity index is 4.33. The standard InChI is InChI=1S/C61H116O16/c1-4-6-8-10-12-14-16-18-20-22-24-26-28-30-32-34-58(63)60(61(65,66-3)59(64)35-33-31-29-27-25-23-21-19-17-15-13-11-9-7-5-2)77-57-56-76-55-54-75-53-52-74-51-50-73-49-48-72-47-46-71-45-44-70-43-42-69-41-40-68-39-38-67-37-36-62/h18-21,60,62,65H,4-17,22-57H2,1-3H3/b20-18-,21-19-. The first-order valence-corrected chi connectivity index (χ1v) is 30.6. The molecule has 0 aromatic rings. The molecule has 16 heteroatoms. The predicted molar refractivity (Wildman–Crippen MR) is 306 cm³/mol. The van der Waals surface area contributed by atoms with Gasteiger partial charge in [0.2, 0.25) is 0 Å². The highest BCUT2D eigenvalue weighted by atomic mass is 16.7. The summed E-state index contributed by atoms with van der Waals surface area (Å²) in [6, 6.07) is 0. The number of allylic oxidation sites excluding steroid dienone is 4. The summed E-state index contributed by atoms with van der Waals surface area (Å²) >= 11 is 0. The molecule has 0 aliphatic rings. The number of ketones is 2. The highest BCUT2D eigenvalue weighted by Crippen LogP contribution is 2.24. The second-order valence-corrected chi connectivity index (χ2v) is 19.6. The van der Waals surface area contributed by atoms with Crippen molar-refractivity contribution in [1.82, 2.24) is 0 Å². The Morgan fingerprint density at radius 2 is 0.623 bits per heavy atom. The maximum absolute atomic E-state index is 13.7. The van der Waals surface area contributed by atoms with E-state index >= 15 is 0 Å². The number of methoxy groups -OCH3 is 1. The number of rotatable bonds is 67. The molecular formula is C61H116O16. The average molecular weight is 1110 g/mol. The molecule has 0 spiro atoms. The number of aliphatic hydroxyl groups excluding tert-OH is 1. The van der Waals surface area contributed by atoms with Crippen molar-refractivity contribution in [3.63, 3.8) is 0 Å². The quantitative estimate of drug-likeness (QED) is 0.0333. The summed E-state index contributed by atoms with van der Waals surface area (Å²) in [7, 11) is 1.27. The Bertz CT molecular complexity index is 1260. The molecule has 0 fully saturated rings. The number of carbonyl (C=O) groups is 2. The summed E-state index contributed by atoms with van der Waals surface area (Å²) in [4.78, 5) is 27.2. The van der Waals surface area contributed by atoms with Crippen molar-refractivity contribution in [1.29, 1.82) is 0 Å². The molecule has 0 rings (SSSR count). The van der Waals surface area contributed by atoms with Crippen LogP contribution in [-0.4, -0.2) is 186 Å². The number of hydrogen-bond donors (Lipinski definition) is 2. The highest BCUT2D eigenvalue weighted by Gasteiger charge is 2.48. The fourth-order valence-electron chi connectivity index (χ4n) is 8.20. The van der Waals surface area contributed by atoms with E-state index in [0.717, 1.165) is 64.2 Å². The van der Waals surface area contributed by atoms with Gasteiger partial charge in [-0.3, -0.25) is 9.59 Å². The third kappa shape index (κ3) is 53.3. The molecule has 0 heterocycles. The van der Waals surface area contributed by atoms with Crippen LogP contribution in [-0.2, 0) is 66.4 Å². The first kappa shape index (κ1) is 75.3. The van der Waals surface area contributed by atoms with Crippen molar-refractivity contribution in [3.8, 4) is 0 Å². The fraction of sp³-hybridized carbons (Fsp3) is 0.902. The van der Waals surface area contributed by atoms with Crippen molar-refractivity contribution in [2.45, 2.75) is 206 Å². The lowest BCUT2D eigenvalue weighted by Gasteiger charge is -2.32. The molecule has 77 heavy (non-hydrogen) atoms. The zero-order valence-electron chi connectivity index (χ0n) is 49.4. The van der Waals surface area contributed by atoms with Crippen LogP contribution in [0.3, 0.4) is 0 Å². The smallest absolute Gasteiger partial charge is 0.260 e. The van der Waals surface area contributed by atoms with Gasteiger partial charge in [-0.05, 0) is 64.2 Å². The maximum atomic E-state index is 13.7. The van der Waals surface area contributed by atoms with Crippen molar-refractivity contribution in [2.75, 3.05) is 152 Å². The lowest BCUT2D eigenvalue weighted by molar-refractivity contribution is -0.240. The summed E-state index contributed by atoms with van der Waals surface area (Å²) in [6.45, 7) is 13.0.